The molecule has 1 fully saturated rings. The minimum absolute atomic E-state index is 0.261. The zero-order valence-corrected chi connectivity index (χ0v) is 17.9. The summed E-state index contributed by atoms with van der Waals surface area (Å²) in [5.41, 5.74) is 1.97. The lowest BCUT2D eigenvalue weighted by molar-refractivity contribution is 0.269. The van der Waals surface area contributed by atoms with Gasteiger partial charge in [0.25, 0.3) is 0 Å². The van der Waals surface area contributed by atoms with Crippen LogP contribution in [0.5, 0.6) is 11.5 Å². The Bertz CT molecular complexity index is 758. The van der Waals surface area contributed by atoms with Gasteiger partial charge in [-0.3, -0.25) is 0 Å². The van der Waals surface area contributed by atoms with Gasteiger partial charge in [0.05, 0.1) is 11.6 Å². The van der Waals surface area contributed by atoms with Crippen molar-refractivity contribution >= 4 is 11.6 Å². The van der Waals surface area contributed by atoms with Gasteiger partial charge in [-0.2, -0.15) is 0 Å². The first-order chi connectivity index (χ1) is 14.2. The predicted octanol–water partition coefficient (Wildman–Crippen LogP) is 6.66. The van der Waals surface area contributed by atoms with Crippen LogP contribution in [0.25, 0.3) is 0 Å². The van der Waals surface area contributed by atoms with Crippen LogP contribution in [0.15, 0.2) is 36.4 Å². The summed E-state index contributed by atoms with van der Waals surface area (Å²) in [7, 11) is 0. The molecule has 0 spiro atoms. The van der Waals surface area contributed by atoms with Gasteiger partial charge in [0.15, 0.2) is 11.5 Å². The molecule has 1 saturated carbocycles. The summed E-state index contributed by atoms with van der Waals surface area (Å²) in [5.74, 6) is 0.923. The van der Waals surface area contributed by atoms with E-state index in [1.165, 1.54) is 57.1 Å². The molecule has 158 valence electrons. The normalized spacial score (nSPS) is 15.6. The Labute approximate surface area is 178 Å². The quantitative estimate of drug-likeness (QED) is 0.519. The van der Waals surface area contributed by atoms with Crippen LogP contribution in [0, 0.1) is 5.82 Å². The van der Waals surface area contributed by atoms with E-state index in [0.29, 0.717) is 35.8 Å². The fraction of sp³-hybridized carbons (Fsp3) is 0.500. The summed E-state index contributed by atoms with van der Waals surface area (Å²) in [6.07, 6.45) is 9.16. The molecule has 0 unspecified atom stereocenters. The molecular formula is C24H31ClFNO2. The average molecular weight is 420 g/mol. The van der Waals surface area contributed by atoms with Gasteiger partial charge in [-0.1, -0.05) is 55.8 Å². The lowest BCUT2D eigenvalue weighted by Crippen LogP contribution is -2.29. The van der Waals surface area contributed by atoms with Crippen LogP contribution in [0.2, 0.25) is 5.02 Å². The summed E-state index contributed by atoms with van der Waals surface area (Å²) >= 11 is 6.54. The van der Waals surface area contributed by atoms with Gasteiger partial charge in [-0.25, -0.2) is 4.39 Å². The highest BCUT2D eigenvalue weighted by Crippen LogP contribution is 2.37. The van der Waals surface area contributed by atoms with Gasteiger partial charge in [-0.15, -0.1) is 0 Å². The molecule has 0 bridgehead atoms. The van der Waals surface area contributed by atoms with Crippen LogP contribution in [0.1, 0.15) is 63.0 Å². The number of ether oxygens (including phenoxy) is 2. The Morgan fingerprint density at radius 2 is 1.66 bits per heavy atom. The first-order valence-corrected chi connectivity index (χ1v) is 11.1. The third kappa shape index (κ3) is 6.90. The molecular weight excluding hydrogens is 389 g/mol. The third-order valence-electron chi connectivity index (χ3n) is 5.37. The van der Waals surface area contributed by atoms with Crippen molar-refractivity contribution in [3.05, 3.63) is 58.4 Å². The predicted molar refractivity (Wildman–Crippen MR) is 116 cm³/mol. The van der Waals surface area contributed by atoms with Crippen molar-refractivity contribution in [1.29, 1.82) is 0 Å². The molecule has 1 aliphatic rings. The molecule has 0 radical (unpaired) electrons. The van der Waals surface area contributed by atoms with Crippen molar-refractivity contribution < 1.29 is 13.9 Å². The van der Waals surface area contributed by atoms with E-state index in [1.54, 1.807) is 12.1 Å². The standard InChI is InChI=1S/C24H31ClFNO2/c1-2-28-23-15-19(16-27-21-8-6-4-3-5-7-9-21)14-22(25)24(23)29-17-18-10-12-20(26)13-11-18/h10-15,21,27H,2-9,16-17H2,1H3. The molecule has 29 heavy (non-hydrogen) atoms. The smallest absolute Gasteiger partial charge is 0.180 e. The third-order valence-corrected chi connectivity index (χ3v) is 5.65. The van der Waals surface area contributed by atoms with E-state index in [2.05, 4.69) is 5.32 Å². The second-order valence-electron chi connectivity index (χ2n) is 7.68. The number of nitrogens with one attached hydrogen (secondary N) is 1. The molecule has 2 aromatic carbocycles. The summed E-state index contributed by atoms with van der Waals surface area (Å²) in [6, 6.07) is 10.8. The molecule has 1 aliphatic carbocycles. The molecule has 1 N–H and O–H groups in total. The van der Waals surface area contributed by atoms with E-state index >= 15 is 0 Å². The Morgan fingerprint density at radius 3 is 2.34 bits per heavy atom. The summed E-state index contributed by atoms with van der Waals surface area (Å²) in [5, 5.41) is 4.23. The Balaban J connectivity index is 1.65. The number of hydrogen-bond acceptors (Lipinski definition) is 3. The second kappa shape index (κ2) is 11.4. The van der Waals surface area contributed by atoms with Crippen molar-refractivity contribution in [2.45, 2.75) is 71.1 Å². The van der Waals surface area contributed by atoms with E-state index in [4.69, 9.17) is 21.1 Å². The molecule has 0 heterocycles. The minimum atomic E-state index is -0.261. The summed E-state index contributed by atoms with van der Waals surface area (Å²) < 4.78 is 24.8. The maximum absolute atomic E-state index is 13.1. The highest BCUT2D eigenvalue weighted by Gasteiger charge is 2.15. The minimum Gasteiger partial charge on any atom is -0.490 e. The van der Waals surface area contributed by atoms with Crippen LogP contribution >= 0.6 is 11.6 Å². The largest absolute Gasteiger partial charge is 0.490 e. The van der Waals surface area contributed by atoms with Crippen LogP contribution in [0.4, 0.5) is 4.39 Å². The molecule has 3 nitrogen and oxygen atoms in total. The highest BCUT2D eigenvalue weighted by atomic mass is 35.5. The van der Waals surface area contributed by atoms with E-state index in [1.807, 2.05) is 19.1 Å². The Kier molecular flexibility index (Phi) is 8.63. The maximum atomic E-state index is 13.1. The maximum Gasteiger partial charge on any atom is 0.180 e. The average Bonchev–Trinajstić information content (AvgIpc) is 2.68. The molecule has 0 saturated heterocycles. The van der Waals surface area contributed by atoms with Gasteiger partial charge in [0.2, 0.25) is 0 Å². The van der Waals surface area contributed by atoms with Crippen LogP contribution in [-0.4, -0.2) is 12.6 Å². The molecule has 0 amide bonds. The Morgan fingerprint density at radius 1 is 0.966 bits per heavy atom. The van der Waals surface area contributed by atoms with Crippen molar-refractivity contribution in [3.8, 4) is 11.5 Å². The van der Waals surface area contributed by atoms with E-state index in [0.717, 1.165) is 17.7 Å². The van der Waals surface area contributed by atoms with Gasteiger partial charge in [0, 0.05) is 12.6 Å². The van der Waals surface area contributed by atoms with E-state index in [-0.39, 0.29) is 5.82 Å². The van der Waals surface area contributed by atoms with E-state index in [9.17, 15) is 4.39 Å². The van der Waals surface area contributed by atoms with Gasteiger partial charge in [0.1, 0.15) is 12.4 Å². The summed E-state index contributed by atoms with van der Waals surface area (Å²) in [4.78, 5) is 0. The SMILES string of the molecule is CCOc1cc(CNC2CCCCCCC2)cc(Cl)c1OCc1ccc(F)cc1. The lowest BCUT2D eigenvalue weighted by atomic mass is 9.96. The topological polar surface area (TPSA) is 30.5 Å². The van der Waals surface area contributed by atoms with Crippen molar-refractivity contribution in [3.63, 3.8) is 0 Å². The highest BCUT2D eigenvalue weighted by molar-refractivity contribution is 6.32. The first kappa shape index (κ1) is 21.9. The first-order valence-electron chi connectivity index (χ1n) is 10.7. The second-order valence-corrected chi connectivity index (χ2v) is 8.08. The molecule has 5 heteroatoms. The van der Waals surface area contributed by atoms with Crippen molar-refractivity contribution in [2.24, 2.45) is 0 Å². The number of halogens is 2. The molecule has 2 aromatic rings. The zero-order valence-electron chi connectivity index (χ0n) is 17.2. The molecule has 0 aliphatic heterocycles. The molecule has 0 atom stereocenters. The Hall–Kier alpha value is -1.78. The van der Waals surface area contributed by atoms with Gasteiger partial charge in [-0.05, 0) is 55.2 Å². The number of hydrogen-bond donors (Lipinski definition) is 1. The van der Waals surface area contributed by atoms with Crippen LogP contribution in [0.3, 0.4) is 0 Å². The molecule has 3 rings (SSSR count). The van der Waals surface area contributed by atoms with Gasteiger partial charge < -0.3 is 14.8 Å². The molecule has 0 aromatic heterocycles. The van der Waals surface area contributed by atoms with Crippen LogP contribution < -0.4 is 14.8 Å². The van der Waals surface area contributed by atoms with E-state index < -0.39 is 0 Å². The van der Waals surface area contributed by atoms with Crippen LogP contribution in [-0.2, 0) is 13.2 Å². The van der Waals surface area contributed by atoms with Crippen molar-refractivity contribution in [2.75, 3.05) is 6.61 Å². The summed E-state index contributed by atoms with van der Waals surface area (Å²) in [6.45, 7) is 3.54. The van der Waals surface area contributed by atoms with Gasteiger partial charge >= 0.3 is 0 Å². The fourth-order valence-electron chi connectivity index (χ4n) is 3.79. The van der Waals surface area contributed by atoms with Crippen molar-refractivity contribution in [1.82, 2.24) is 5.32 Å². The fourth-order valence-corrected chi connectivity index (χ4v) is 4.07. The monoisotopic (exact) mass is 419 g/mol. The lowest BCUT2D eigenvalue weighted by Gasteiger charge is -2.22. The number of rotatable bonds is 8. The number of benzene rings is 2. The zero-order chi connectivity index (χ0) is 20.5.